The maximum Gasteiger partial charge on any atom is 0.490 e. The summed E-state index contributed by atoms with van der Waals surface area (Å²) in [5, 5.41) is 20.3. The van der Waals surface area contributed by atoms with Crippen molar-refractivity contribution in [3.8, 4) is 34.3 Å². The van der Waals surface area contributed by atoms with Crippen molar-refractivity contribution in [3.05, 3.63) is 81.2 Å². The van der Waals surface area contributed by atoms with Crippen molar-refractivity contribution in [1.29, 1.82) is 5.41 Å². The largest absolute Gasteiger partial charge is 0.490 e. The van der Waals surface area contributed by atoms with Gasteiger partial charge in [0.1, 0.15) is 36.8 Å². The first-order valence-corrected chi connectivity index (χ1v) is 30.4. The first kappa shape index (κ1) is 60.1. The third kappa shape index (κ3) is 14.7. The van der Waals surface area contributed by atoms with Gasteiger partial charge in [0, 0.05) is 46.0 Å². The molecular weight excluding hydrogens is 1160 g/mol. The summed E-state index contributed by atoms with van der Waals surface area (Å²) < 4.78 is 134. The molecule has 3 heterocycles. The number of fused-ring (bicyclic) bond motifs is 2. The SMILES string of the molecule is CC(C)(CNC(=O)c1ccc(-c2c3ccc(=N)c(S(=O)(=O)O)c-3oc3c(S(=O)(=O)O)c(N)ccc23)c(C(=O)O)c1)SSCOCC#Cc1cn([C@H]2C[C@@H](ON)[C@@H](COP(=O)(O)OP(=O)(O)OP(=O)(O)O)O2)c(=O)nc1N. The molecule has 412 valence electrons. The number of phosphoric ester groups is 1. The van der Waals surface area contributed by atoms with Gasteiger partial charge in [0.15, 0.2) is 21.1 Å². The van der Waals surface area contributed by atoms with Crippen molar-refractivity contribution in [2.75, 3.05) is 37.2 Å². The fourth-order valence-corrected chi connectivity index (χ4v) is 13.8. The minimum Gasteiger partial charge on any atom is -0.478 e. The molecule has 6 rings (SSSR count). The Bertz CT molecular complexity index is 3680. The van der Waals surface area contributed by atoms with E-state index in [-0.39, 0.29) is 64.5 Å². The van der Waals surface area contributed by atoms with Crippen molar-refractivity contribution in [2.24, 2.45) is 5.90 Å². The van der Waals surface area contributed by atoms with Crippen LogP contribution < -0.4 is 33.7 Å². The van der Waals surface area contributed by atoms with Crippen molar-refractivity contribution in [3.63, 3.8) is 0 Å². The van der Waals surface area contributed by atoms with Crippen LogP contribution >= 0.6 is 45.1 Å². The molecule has 15 N–H and O–H groups in total. The van der Waals surface area contributed by atoms with Crippen LogP contribution in [0.4, 0.5) is 11.5 Å². The first-order chi connectivity index (χ1) is 35.1. The highest BCUT2D eigenvalue weighted by molar-refractivity contribution is 8.77. The predicted molar refractivity (Wildman–Crippen MR) is 265 cm³/mol. The molecule has 3 aliphatic rings. The van der Waals surface area contributed by atoms with Gasteiger partial charge in [-0.25, -0.2) is 29.2 Å². The molecule has 1 amide bonds. The highest BCUT2D eigenvalue weighted by Gasteiger charge is 2.44. The van der Waals surface area contributed by atoms with Gasteiger partial charge >= 0.3 is 35.1 Å². The summed E-state index contributed by atoms with van der Waals surface area (Å²) in [5.41, 5.74) is 8.33. The summed E-state index contributed by atoms with van der Waals surface area (Å²) in [6, 6.07) is 7.87. The Morgan fingerprint density at radius 2 is 1.66 bits per heavy atom. The lowest BCUT2D eigenvalue weighted by Gasteiger charge is -2.23. The van der Waals surface area contributed by atoms with Gasteiger partial charge in [0.2, 0.25) is 0 Å². The van der Waals surface area contributed by atoms with Gasteiger partial charge in [-0.3, -0.25) is 33.2 Å². The number of rotatable bonds is 21. The van der Waals surface area contributed by atoms with E-state index in [0.717, 1.165) is 22.8 Å². The average Bonchev–Trinajstić information content (AvgIpc) is 3.70. The number of nitrogens with one attached hydrogen (secondary N) is 2. The van der Waals surface area contributed by atoms with Gasteiger partial charge in [-0.05, 0) is 55.8 Å². The number of ether oxygens (including phenoxy) is 2. The number of aromatic carboxylic acids is 1. The minimum absolute atomic E-state index is 0.0238. The van der Waals surface area contributed by atoms with Crippen molar-refractivity contribution in [2.45, 2.75) is 53.2 Å². The van der Waals surface area contributed by atoms with E-state index >= 15 is 0 Å². The van der Waals surface area contributed by atoms with Crippen LogP contribution in [0.3, 0.4) is 0 Å². The van der Waals surface area contributed by atoms with Crippen LogP contribution in [0.15, 0.2) is 67.7 Å². The molecule has 0 spiro atoms. The number of amides is 1. The maximum atomic E-state index is 13.5. The maximum absolute atomic E-state index is 13.5. The highest BCUT2D eigenvalue weighted by Crippen LogP contribution is 2.66. The third-order valence-corrected chi connectivity index (χ3v) is 18.9. The number of aromatic nitrogens is 2. The van der Waals surface area contributed by atoms with Gasteiger partial charge in [-0.2, -0.15) is 30.4 Å². The molecule has 1 aromatic heterocycles. The number of nitrogens with zero attached hydrogens (tertiary/aromatic N) is 2. The number of nitrogen functional groups attached to an aromatic ring is 2. The monoisotopic (exact) mass is 1200 g/mol. The Morgan fingerprint density at radius 1 is 0.987 bits per heavy atom. The topological polar surface area (TPSA) is 513 Å². The number of carboxylic acid groups (broad SMARTS) is 1. The molecule has 2 aliphatic heterocycles. The smallest absolute Gasteiger partial charge is 0.478 e. The Morgan fingerprint density at radius 3 is 2.29 bits per heavy atom. The molecule has 3 aromatic rings. The van der Waals surface area contributed by atoms with E-state index in [1.54, 1.807) is 13.8 Å². The van der Waals surface area contributed by atoms with Gasteiger partial charge in [-0.1, -0.05) is 39.5 Å². The minimum atomic E-state index is -5.81. The second kappa shape index (κ2) is 23.1. The molecule has 31 nitrogen and oxygen atoms in total. The van der Waals surface area contributed by atoms with Crippen LogP contribution in [0.5, 0.6) is 0 Å². The standard InChI is InChI=1S/C38H42N7O24P3S4/c1-38(2,74-73-17-63-11-3-4-19-14-45(37(49)44-34(19)41)28-13-26(67-42)27(65-28)15-64-71(53,54)69-72(55,56)68-70(50,51)52)16-43-35(46)18-5-6-20(23(12-18)36(47)48)29-21-7-9-24(39)32(75(57,58)59)30(21)66-31-22(29)8-10-25(40)33(31)76(60,61)62/h5-10,12,14,26-28,39H,11,13,15-17,40,42H2,1-2H3,(H,43,46)(H,47,48)(H,53,54)(H,55,56)(H2,41,44,49)(H2,50,51,52)(H,57,58,59)(H,60,61,62)/t26-,27-,28-/m1/s1. The number of carbonyl (C=O) groups is 2. The molecule has 38 heteroatoms. The van der Waals surface area contributed by atoms with Crippen LogP contribution in [0.2, 0.25) is 0 Å². The fraction of sp³-hybridized carbons (Fsp3) is 0.289. The lowest BCUT2D eigenvalue weighted by Crippen LogP contribution is -2.36. The van der Waals surface area contributed by atoms with Crippen molar-refractivity contribution >= 4 is 99.6 Å². The number of hydrogen-bond acceptors (Lipinski definition) is 24. The quantitative estimate of drug-likeness (QED) is 0.00577. The van der Waals surface area contributed by atoms with Crippen LogP contribution in [0, 0.1) is 17.3 Å². The lowest BCUT2D eigenvalue weighted by atomic mass is 9.89. The molecule has 1 saturated heterocycles. The van der Waals surface area contributed by atoms with E-state index in [1.165, 1.54) is 52.1 Å². The van der Waals surface area contributed by atoms with Crippen LogP contribution in [0.25, 0.3) is 33.4 Å². The molecule has 2 unspecified atom stereocenters. The van der Waals surface area contributed by atoms with Crippen molar-refractivity contribution < 1.29 is 106 Å². The summed E-state index contributed by atoms with van der Waals surface area (Å²) in [4.78, 5) is 82.1. The number of benzene rings is 3. The third-order valence-electron chi connectivity index (χ3n) is 10.2. The molecule has 0 bridgehead atoms. The van der Waals surface area contributed by atoms with E-state index in [4.69, 9.17) is 51.3 Å². The van der Waals surface area contributed by atoms with Gasteiger partial charge in [0.05, 0.1) is 28.8 Å². The van der Waals surface area contributed by atoms with E-state index < -0.39 is 129 Å². The van der Waals surface area contributed by atoms with Crippen LogP contribution in [0.1, 0.15) is 52.8 Å². The Hall–Kier alpha value is -5.12. The number of hydrogen-bond donors (Lipinski definition) is 12. The van der Waals surface area contributed by atoms with Crippen LogP contribution in [-0.4, -0.2) is 115 Å². The van der Waals surface area contributed by atoms with E-state index in [0.29, 0.717) is 0 Å². The first-order valence-electron chi connectivity index (χ1n) is 20.6. The molecule has 76 heavy (non-hydrogen) atoms. The number of carbonyl (C=O) groups excluding carboxylic acids is 1. The van der Waals surface area contributed by atoms with Gasteiger partial charge < -0.3 is 55.4 Å². The zero-order valence-electron chi connectivity index (χ0n) is 38.6. The van der Waals surface area contributed by atoms with Gasteiger partial charge in [-0.15, -0.1) is 0 Å². The lowest BCUT2D eigenvalue weighted by molar-refractivity contribution is -0.0618. The number of phosphoric acid groups is 3. The summed E-state index contributed by atoms with van der Waals surface area (Å²) in [7, 11) is -24.9. The molecule has 1 fully saturated rings. The van der Waals surface area contributed by atoms with Crippen LogP contribution in [-0.2, 0) is 61.4 Å². The molecule has 5 atom stereocenters. The van der Waals surface area contributed by atoms with E-state index in [1.807, 2.05) is 0 Å². The molecule has 0 radical (unpaired) electrons. The summed E-state index contributed by atoms with van der Waals surface area (Å²) in [6.45, 7) is 2.49. The van der Waals surface area contributed by atoms with E-state index in [9.17, 15) is 68.9 Å². The fourth-order valence-electron chi connectivity index (χ4n) is 7.16. The molecule has 1 aliphatic carbocycles. The number of nitrogens with two attached hydrogens (primary N) is 3. The zero-order chi connectivity index (χ0) is 56.5. The Kier molecular flexibility index (Phi) is 18.2. The summed E-state index contributed by atoms with van der Waals surface area (Å²) in [5.74, 6) is 7.43. The zero-order valence-corrected chi connectivity index (χ0v) is 44.5. The highest BCUT2D eigenvalue weighted by atomic mass is 33.1. The molecular formula is C38H42N7O24P3S4. The molecule has 2 aromatic carbocycles. The summed E-state index contributed by atoms with van der Waals surface area (Å²) in [6.07, 6.45) is -2.70. The predicted octanol–water partition coefficient (Wildman–Crippen LogP) is 2.40. The second-order valence-electron chi connectivity index (χ2n) is 16.2. The average molecular weight is 1200 g/mol. The van der Waals surface area contributed by atoms with Gasteiger partial charge in [0.25, 0.3) is 26.1 Å². The van der Waals surface area contributed by atoms with E-state index in [2.05, 4.69) is 35.3 Å². The Labute approximate surface area is 435 Å². The normalized spacial score (nSPS) is 17.9. The number of anilines is 2. The number of carboxylic acids is 1. The summed E-state index contributed by atoms with van der Waals surface area (Å²) >= 11 is 0. The second-order valence-corrected chi connectivity index (χ2v) is 26.3. The molecule has 0 saturated carbocycles. The van der Waals surface area contributed by atoms with Crippen molar-refractivity contribution in [1.82, 2.24) is 14.9 Å². The Balaban J connectivity index is 1.08.